The molecule has 0 bridgehead atoms. The molecule has 1 aliphatic rings. The van der Waals surface area contributed by atoms with E-state index in [-0.39, 0.29) is 0 Å². The van der Waals surface area contributed by atoms with E-state index >= 15 is 0 Å². The van der Waals surface area contributed by atoms with Crippen LogP contribution < -0.4 is 5.32 Å². The highest BCUT2D eigenvalue weighted by Gasteiger charge is 2.13. The lowest BCUT2D eigenvalue weighted by molar-refractivity contribution is 0.0705. The Balaban J connectivity index is 2.26. The lowest BCUT2D eigenvalue weighted by atomic mass is 10.0. The van der Waals surface area contributed by atoms with Gasteiger partial charge >= 0.3 is 0 Å². The molecule has 1 aliphatic heterocycles. The minimum Gasteiger partial charge on any atom is -0.367 e. The van der Waals surface area contributed by atoms with Gasteiger partial charge in [-0.2, -0.15) is 0 Å². The van der Waals surface area contributed by atoms with Gasteiger partial charge in [0.2, 0.25) is 0 Å². The third-order valence-corrected chi connectivity index (χ3v) is 2.22. The number of nitrogens with one attached hydrogen (secondary N) is 1. The first kappa shape index (κ1) is 8.02. The van der Waals surface area contributed by atoms with Crippen LogP contribution in [0.15, 0.2) is 0 Å². The van der Waals surface area contributed by atoms with Crippen LogP contribution in [0, 0.1) is 5.92 Å². The largest absolute Gasteiger partial charge is 0.367 e. The van der Waals surface area contributed by atoms with Crippen LogP contribution >= 0.6 is 0 Å². The maximum atomic E-state index is 5.21. The van der Waals surface area contributed by atoms with Crippen LogP contribution in [0.5, 0.6) is 0 Å². The molecule has 1 N–H and O–H groups in total. The van der Waals surface area contributed by atoms with Gasteiger partial charge in [0, 0.05) is 7.11 Å². The average molecular weight is 143 g/mol. The van der Waals surface area contributed by atoms with E-state index in [1.807, 2.05) is 0 Å². The van der Waals surface area contributed by atoms with E-state index in [1.165, 1.54) is 12.8 Å². The van der Waals surface area contributed by atoms with E-state index in [9.17, 15) is 0 Å². The standard InChI is InChI=1S/C8H17NO/c1-7-3-4-8(10-2)9-6-5-7/h7-9H,3-6H2,1-2H3. The Morgan fingerprint density at radius 2 is 2.10 bits per heavy atom. The fourth-order valence-corrected chi connectivity index (χ4v) is 1.37. The highest BCUT2D eigenvalue weighted by molar-refractivity contribution is 4.66. The number of rotatable bonds is 1. The molecule has 0 radical (unpaired) electrons. The van der Waals surface area contributed by atoms with Gasteiger partial charge in [-0.1, -0.05) is 6.92 Å². The van der Waals surface area contributed by atoms with Crippen LogP contribution in [0.1, 0.15) is 26.2 Å². The molecular formula is C8H17NO. The van der Waals surface area contributed by atoms with Crippen molar-refractivity contribution in [3.8, 4) is 0 Å². The lowest BCUT2D eigenvalue weighted by Crippen LogP contribution is -2.29. The molecule has 1 saturated heterocycles. The summed E-state index contributed by atoms with van der Waals surface area (Å²) in [7, 11) is 1.77. The molecule has 1 heterocycles. The van der Waals surface area contributed by atoms with Crippen molar-refractivity contribution in [2.75, 3.05) is 13.7 Å². The molecule has 0 aromatic heterocycles. The first-order valence-corrected chi connectivity index (χ1v) is 4.09. The zero-order chi connectivity index (χ0) is 7.40. The molecule has 1 rings (SSSR count). The van der Waals surface area contributed by atoms with Crippen molar-refractivity contribution in [3.63, 3.8) is 0 Å². The fourth-order valence-electron chi connectivity index (χ4n) is 1.37. The molecule has 2 nitrogen and oxygen atoms in total. The summed E-state index contributed by atoms with van der Waals surface area (Å²) in [5, 5.41) is 3.34. The monoisotopic (exact) mass is 143 g/mol. The number of methoxy groups -OCH3 is 1. The van der Waals surface area contributed by atoms with Crippen LogP contribution in [-0.4, -0.2) is 19.9 Å². The smallest absolute Gasteiger partial charge is 0.107 e. The molecule has 0 aliphatic carbocycles. The van der Waals surface area contributed by atoms with E-state index in [4.69, 9.17) is 4.74 Å². The normalized spacial score (nSPS) is 35.4. The Bertz CT molecular complexity index is 95.3. The predicted molar refractivity (Wildman–Crippen MR) is 41.8 cm³/mol. The molecule has 60 valence electrons. The first-order chi connectivity index (χ1) is 4.83. The Kier molecular flexibility index (Phi) is 3.16. The fraction of sp³-hybridized carbons (Fsp3) is 1.00. The van der Waals surface area contributed by atoms with Crippen molar-refractivity contribution in [1.82, 2.24) is 5.32 Å². The van der Waals surface area contributed by atoms with Gasteiger partial charge in [-0.25, -0.2) is 0 Å². The molecule has 0 aromatic rings. The summed E-state index contributed by atoms with van der Waals surface area (Å²) in [5.74, 6) is 0.868. The molecule has 2 unspecified atom stereocenters. The van der Waals surface area contributed by atoms with Crippen LogP contribution in [0.4, 0.5) is 0 Å². The molecule has 0 aromatic carbocycles. The van der Waals surface area contributed by atoms with Gasteiger partial charge in [0.1, 0.15) is 6.23 Å². The van der Waals surface area contributed by atoms with Crippen LogP contribution in [-0.2, 0) is 4.74 Å². The Hall–Kier alpha value is -0.0800. The second kappa shape index (κ2) is 3.94. The second-order valence-corrected chi connectivity index (χ2v) is 3.15. The molecule has 2 atom stereocenters. The molecule has 2 heteroatoms. The quantitative estimate of drug-likeness (QED) is 0.598. The first-order valence-electron chi connectivity index (χ1n) is 4.09. The van der Waals surface area contributed by atoms with Crippen molar-refractivity contribution in [2.24, 2.45) is 5.92 Å². The molecule has 0 spiro atoms. The maximum absolute atomic E-state index is 5.21. The van der Waals surface area contributed by atoms with Gasteiger partial charge in [-0.3, -0.25) is 5.32 Å². The van der Waals surface area contributed by atoms with Crippen LogP contribution in [0.2, 0.25) is 0 Å². The van der Waals surface area contributed by atoms with Crippen molar-refractivity contribution < 1.29 is 4.74 Å². The van der Waals surface area contributed by atoms with Gasteiger partial charge in [0.25, 0.3) is 0 Å². The van der Waals surface area contributed by atoms with Gasteiger partial charge in [-0.15, -0.1) is 0 Å². The minimum absolute atomic E-state index is 0.310. The summed E-state index contributed by atoms with van der Waals surface area (Å²) in [6, 6.07) is 0. The zero-order valence-corrected chi connectivity index (χ0v) is 6.89. The van der Waals surface area contributed by atoms with Gasteiger partial charge < -0.3 is 4.74 Å². The summed E-state index contributed by atoms with van der Waals surface area (Å²) in [6.07, 6.45) is 4.06. The molecular weight excluding hydrogens is 126 g/mol. The average Bonchev–Trinajstić information content (AvgIpc) is 2.14. The number of hydrogen-bond donors (Lipinski definition) is 1. The SMILES string of the molecule is COC1CCC(C)CCN1. The van der Waals surface area contributed by atoms with E-state index < -0.39 is 0 Å². The molecule has 10 heavy (non-hydrogen) atoms. The summed E-state index contributed by atoms with van der Waals surface area (Å²) < 4.78 is 5.21. The molecule has 1 fully saturated rings. The van der Waals surface area contributed by atoms with Gasteiger partial charge in [-0.05, 0) is 31.7 Å². The molecule has 0 saturated carbocycles. The van der Waals surface area contributed by atoms with Gasteiger partial charge in [0.15, 0.2) is 0 Å². The Labute approximate surface area is 63.0 Å². The maximum Gasteiger partial charge on any atom is 0.107 e. The van der Waals surface area contributed by atoms with Crippen LogP contribution in [0.3, 0.4) is 0 Å². The van der Waals surface area contributed by atoms with Gasteiger partial charge in [0.05, 0.1) is 0 Å². The number of ether oxygens (including phenoxy) is 1. The van der Waals surface area contributed by atoms with Crippen LogP contribution in [0.25, 0.3) is 0 Å². The van der Waals surface area contributed by atoms with Crippen molar-refractivity contribution >= 4 is 0 Å². The highest BCUT2D eigenvalue weighted by Crippen LogP contribution is 2.15. The summed E-state index contributed by atoms with van der Waals surface area (Å²) in [6.45, 7) is 3.42. The van der Waals surface area contributed by atoms with E-state index in [0.29, 0.717) is 6.23 Å². The summed E-state index contributed by atoms with van der Waals surface area (Å²) in [4.78, 5) is 0. The van der Waals surface area contributed by atoms with Crippen molar-refractivity contribution in [1.29, 1.82) is 0 Å². The van der Waals surface area contributed by atoms with E-state index in [0.717, 1.165) is 18.9 Å². The Morgan fingerprint density at radius 1 is 1.30 bits per heavy atom. The molecule has 0 amide bonds. The topological polar surface area (TPSA) is 21.3 Å². The summed E-state index contributed by atoms with van der Waals surface area (Å²) in [5.41, 5.74) is 0. The van der Waals surface area contributed by atoms with Crippen molar-refractivity contribution in [3.05, 3.63) is 0 Å². The lowest BCUT2D eigenvalue weighted by Gasteiger charge is -2.12. The Morgan fingerprint density at radius 3 is 2.80 bits per heavy atom. The highest BCUT2D eigenvalue weighted by atomic mass is 16.5. The zero-order valence-electron chi connectivity index (χ0n) is 6.89. The third kappa shape index (κ3) is 2.27. The number of hydrogen-bond acceptors (Lipinski definition) is 2. The van der Waals surface area contributed by atoms with Crippen molar-refractivity contribution in [2.45, 2.75) is 32.4 Å². The van der Waals surface area contributed by atoms with E-state index in [2.05, 4.69) is 12.2 Å². The third-order valence-electron chi connectivity index (χ3n) is 2.22. The summed E-state index contributed by atoms with van der Waals surface area (Å²) >= 11 is 0. The second-order valence-electron chi connectivity index (χ2n) is 3.15. The predicted octanol–water partition coefficient (Wildman–Crippen LogP) is 1.37. The van der Waals surface area contributed by atoms with E-state index in [1.54, 1.807) is 7.11 Å². The minimum atomic E-state index is 0.310.